The zero-order valence-electron chi connectivity index (χ0n) is 17.5. The van der Waals surface area contributed by atoms with Crippen LogP contribution in [0, 0.1) is 0 Å². The second-order valence-electron chi connectivity index (χ2n) is 8.22. The second kappa shape index (κ2) is 8.95. The fourth-order valence-electron chi connectivity index (χ4n) is 4.81. The number of benzene rings is 1. The predicted molar refractivity (Wildman–Crippen MR) is 115 cm³/mol. The van der Waals surface area contributed by atoms with Gasteiger partial charge in [-0.1, -0.05) is 18.2 Å². The van der Waals surface area contributed by atoms with E-state index < -0.39 is 0 Å². The van der Waals surface area contributed by atoms with Crippen LogP contribution in [0.15, 0.2) is 42.5 Å². The first-order valence-corrected chi connectivity index (χ1v) is 10.8. The molecule has 2 aromatic rings. The summed E-state index contributed by atoms with van der Waals surface area (Å²) in [5.74, 6) is 1.53. The van der Waals surface area contributed by atoms with Gasteiger partial charge in [-0.2, -0.15) is 0 Å². The quantitative estimate of drug-likeness (QED) is 0.789. The number of ether oxygens (including phenoxy) is 1. The zero-order valence-corrected chi connectivity index (χ0v) is 17.5. The minimum atomic E-state index is 0.206. The van der Waals surface area contributed by atoms with Crippen LogP contribution in [0.3, 0.4) is 0 Å². The van der Waals surface area contributed by atoms with E-state index in [0.717, 1.165) is 56.0 Å². The van der Waals surface area contributed by atoms with Gasteiger partial charge < -0.3 is 9.64 Å². The lowest BCUT2D eigenvalue weighted by Gasteiger charge is -2.42. The summed E-state index contributed by atoms with van der Waals surface area (Å²) in [6.07, 6.45) is 4.56. The Bertz CT molecular complexity index is 846. The minimum Gasteiger partial charge on any atom is -0.496 e. The Hall–Kier alpha value is -2.40. The lowest BCUT2D eigenvalue weighted by atomic mass is 9.91. The number of pyridine rings is 1. The fraction of sp³-hybridized carbons (Fsp3) is 0.500. The molecule has 0 N–H and O–H groups in total. The zero-order chi connectivity index (χ0) is 20.2. The van der Waals surface area contributed by atoms with Crippen LogP contribution in [0.4, 0.5) is 0 Å². The maximum atomic E-state index is 11.6. The van der Waals surface area contributed by atoms with Gasteiger partial charge in [-0.25, -0.2) is 0 Å². The number of rotatable bonds is 4. The summed E-state index contributed by atoms with van der Waals surface area (Å²) in [6.45, 7) is 5.68. The second-order valence-corrected chi connectivity index (χ2v) is 8.22. The number of methoxy groups -OCH3 is 1. The van der Waals surface area contributed by atoms with Crippen molar-refractivity contribution in [1.29, 1.82) is 0 Å². The molecule has 1 amide bonds. The lowest BCUT2D eigenvalue weighted by molar-refractivity contribution is -0.130. The number of nitrogens with zero attached hydrogens (tertiary/aromatic N) is 3. The summed E-state index contributed by atoms with van der Waals surface area (Å²) in [6, 6.07) is 15.0. The number of amides is 1. The average molecular weight is 394 g/mol. The Morgan fingerprint density at radius 1 is 1.03 bits per heavy atom. The normalized spacial score (nSPS) is 21.2. The summed E-state index contributed by atoms with van der Waals surface area (Å²) in [5.41, 5.74) is 3.20. The monoisotopic (exact) mass is 393 g/mol. The van der Waals surface area contributed by atoms with Gasteiger partial charge in [-0.3, -0.25) is 14.7 Å². The van der Waals surface area contributed by atoms with Crippen molar-refractivity contribution in [2.45, 2.75) is 44.6 Å². The van der Waals surface area contributed by atoms with E-state index in [2.05, 4.69) is 29.2 Å². The number of likely N-dealkylation sites (tertiary alicyclic amines) is 2. The number of para-hydroxylation sites is 1. The van der Waals surface area contributed by atoms with Crippen LogP contribution in [-0.2, 0) is 4.79 Å². The smallest absolute Gasteiger partial charge is 0.219 e. The topological polar surface area (TPSA) is 45.7 Å². The van der Waals surface area contributed by atoms with Crippen LogP contribution in [0.1, 0.15) is 44.2 Å². The van der Waals surface area contributed by atoms with Crippen molar-refractivity contribution in [1.82, 2.24) is 14.8 Å². The number of hydrogen-bond donors (Lipinski definition) is 0. The molecule has 3 heterocycles. The van der Waals surface area contributed by atoms with Crippen LogP contribution >= 0.6 is 0 Å². The van der Waals surface area contributed by atoms with Gasteiger partial charge in [-0.05, 0) is 56.5 Å². The van der Waals surface area contributed by atoms with Gasteiger partial charge in [0, 0.05) is 49.8 Å². The summed E-state index contributed by atoms with van der Waals surface area (Å²) in [4.78, 5) is 21.3. The molecule has 0 unspecified atom stereocenters. The number of carbonyl (C=O) groups excluding carboxylic acids is 1. The van der Waals surface area contributed by atoms with Crippen molar-refractivity contribution < 1.29 is 9.53 Å². The van der Waals surface area contributed by atoms with E-state index >= 15 is 0 Å². The van der Waals surface area contributed by atoms with E-state index in [9.17, 15) is 4.79 Å². The molecule has 1 aromatic heterocycles. The number of piperidine rings is 2. The maximum Gasteiger partial charge on any atom is 0.219 e. The summed E-state index contributed by atoms with van der Waals surface area (Å²) in [7, 11) is 1.71. The summed E-state index contributed by atoms with van der Waals surface area (Å²) in [5, 5.41) is 0. The molecule has 4 rings (SSSR count). The first-order chi connectivity index (χ1) is 14.2. The third-order valence-electron chi connectivity index (χ3n) is 6.45. The third-order valence-corrected chi connectivity index (χ3v) is 6.45. The highest BCUT2D eigenvalue weighted by molar-refractivity contribution is 5.73. The van der Waals surface area contributed by atoms with Crippen LogP contribution in [-0.4, -0.2) is 60.0 Å². The van der Waals surface area contributed by atoms with Crippen molar-refractivity contribution in [3.8, 4) is 17.0 Å². The molecule has 2 fully saturated rings. The number of carbonyl (C=O) groups is 1. The molecular weight excluding hydrogens is 362 g/mol. The van der Waals surface area contributed by atoms with Crippen molar-refractivity contribution in [2.24, 2.45) is 0 Å². The first kappa shape index (κ1) is 19.9. The molecule has 5 nitrogen and oxygen atoms in total. The van der Waals surface area contributed by atoms with Crippen molar-refractivity contribution in [2.75, 3.05) is 33.3 Å². The third kappa shape index (κ3) is 4.45. The molecule has 2 saturated heterocycles. The van der Waals surface area contributed by atoms with Gasteiger partial charge in [-0.15, -0.1) is 0 Å². The Kier molecular flexibility index (Phi) is 6.14. The average Bonchev–Trinajstić information content (AvgIpc) is 2.79. The molecule has 0 aliphatic carbocycles. The molecule has 5 heteroatoms. The largest absolute Gasteiger partial charge is 0.496 e. The molecule has 2 aliphatic rings. The summed E-state index contributed by atoms with van der Waals surface area (Å²) < 4.78 is 5.53. The Labute approximate surface area is 173 Å². The number of hydrogen-bond acceptors (Lipinski definition) is 4. The highest BCUT2D eigenvalue weighted by Gasteiger charge is 2.30. The van der Waals surface area contributed by atoms with Crippen molar-refractivity contribution >= 4 is 5.91 Å². The predicted octanol–water partition coefficient (Wildman–Crippen LogP) is 3.95. The Morgan fingerprint density at radius 3 is 2.59 bits per heavy atom. The van der Waals surface area contributed by atoms with Gasteiger partial charge in [0.05, 0.1) is 12.8 Å². The molecule has 0 saturated carbocycles. The highest BCUT2D eigenvalue weighted by atomic mass is 16.5. The summed E-state index contributed by atoms with van der Waals surface area (Å²) >= 11 is 0. The molecular formula is C24H31N3O2. The van der Waals surface area contributed by atoms with Gasteiger partial charge in [0.2, 0.25) is 5.91 Å². The van der Waals surface area contributed by atoms with Gasteiger partial charge >= 0.3 is 0 Å². The minimum absolute atomic E-state index is 0.206. The van der Waals surface area contributed by atoms with Gasteiger partial charge in [0.15, 0.2) is 0 Å². The van der Waals surface area contributed by atoms with E-state index in [-0.39, 0.29) is 5.91 Å². The molecule has 1 atom stereocenters. The van der Waals surface area contributed by atoms with E-state index in [4.69, 9.17) is 9.72 Å². The molecule has 29 heavy (non-hydrogen) atoms. The molecule has 0 spiro atoms. The molecule has 2 aliphatic heterocycles. The highest BCUT2D eigenvalue weighted by Crippen LogP contribution is 2.32. The maximum absolute atomic E-state index is 11.6. The molecule has 0 bridgehead atoms. The molecule has 0 radical (unpaired) electrons. The van der Waals surface area contributed by atoms with E-state index in [0.29, 0.717) is 12.0 Å². The van der Waals surface area contributed by atoms with Crippen LogP contribution in [0.2, 0.25) is 0 Å². The van der Waals surface area contributed by atoms with Gasteiger partial charge in [0.25, 0.3) is 0 Å². The standard InChI is InChI=1S/C24H31N3O2/c1-18(28)26-15-12-20(13-16-26)27-14-6-7-19(17-27)22-9-5-10-23(25-22)21-8-3-4-11-24(21)29-2/h3-5,8-11,19-20H,6-7,12-17H2,1-2H3/t19-/m1/s1. The molecule has 154 valence electrons. The number of aromatic nitrogens is 1. The molecule has 1 aromatic carbocycles. The fourth-order valence-corrected chi connectivity index (χ4v) is 4.81. The first-order valence-electron chi connectivity index (χ1n) is 10.8. The SMILES string of the molecule is COc1ccccc1-c1cccc([C@@H]2CCCN(C3CCN(C(C)=O)CC3)C2)n1. The van der Waals surface area contributed by atoms with Crippen LogP contribution in [0.25, 0.3) is 11.3 Å². The Morgan fingerprint density at radius 2 is 1.83 bits per heavy atom. The van der Waals surface area contributed by atoms with Crippen molar-refractivity contribution in [3.05, 3.63) is 48.2 Å². The van der Waals surface area contributed by atoms with E-state index in [1.807, 2.05) is 23.1 Å². The van der Waals surface area contributed by atoms with Gasteiger partial charge in [0.1, 0.15) is 5.75 Å². The van der Waals surface area contributed by atoms with E-state index in [1.165, 1.54) is 18.5 Å². The van der Waals surface area contributed by atoms with Crippen molar-refractivity contribution in [3.63, 3.8) is 0 Å². The van der Waals surface area contributed by atoms with Crippen LogP contribution < -0.4 is 4.74 Å². The lowest BCUT2D eigenvalue weighted by Crippen LogP contribution is -2.49. The Balaban J connectivity index is 1.47. The van der Waals surface area contributed by atoms with Crippen LogP contribution in [0.5, 0.6) is 5.75 Å². The van der Waals surface area contributed by atoms with E-state index in [1.54, 1.807) is 14.0 Å².